The maximum Gasteiger partial charge on any atom is 0.160 e. The Morgan fingerprint density at radius 3 is 1.77 bits per heavy atom. The fourth-order valence-electron chi connectivity index (χ4n) is 6.81. The van der Waals surface area contributed by atoms with E-state index in [9.17, 15) is 0 Å². The summed E-state index contributed by atoms with van der Waals surface area (Å²) in [6.07, 6.45) is 3.67. The smallest absolute Gasteiger partial charge is 0.160 e. The van der Waals surface area contributed by atoms with E-state index in [0.29, 0.717) is 5.82 Å². The molecule has 0 aliphatic rings. The van der Waals surface area contributed by atoms with Crippen molar-refractivity contribution in [3.63, 3.8) is 0 Å². The molecule has 48 heavy (non-hydrogen) atoms. The number of hydrogen-bond donors (Lipinski definition) is 0. The van der Waals surface area contributed by atoms with E-state index in [4.69, 9.17) is 14.7 Å². The first-order chi connectivity index (χ1) is 23.7. The van der Waals surface area contributed by atoms with E-state index in [-0.39, 0.29) is 0 Å². The third-order valence-corrected chi connectivity index (χ3v) is 9.23. The Morgan fingerprint density at radius 2 is 1.06 bits per heavy atom. The SMILES string of the molecule is COc1cc2ccc3ccc(-c4ccc(-c5cc(-c6ccccc6)nc(-c6ccc(-c7cccnc7)cc6)n5)cc4)c4ccc(c1)c2c34. The minimum Gasteiger partial charge on any atom is -0.497 e. The molecule has 226 valence electrons. The second kappa shape index (κ2) is 11.4. The highest BCUT2D eigenvalue weighted by molar-refractivity contribution is 6.25. The summed E-state index contributed by atoms with van der Waals surface area (Å²) in [5.41, 5.74) is 9.38. The Labute approximate surface area is 278 Å². The molecule has 0 unspecified atom stereocenters. The van der Waals surface area contributed by atoms with Gasteiger partial charge in [0.05, 0.1) is 18.5 Å². The van der Waals surface area contributed by atoms with Crippen molar-refractivity contribution in [1.82, 2.24) is 15.0 Å². The van der Waals surface area contributed by atoms with Crippen LogP contribution in [0.4, 0.5) is 0 Å². The zero-order chi connectivity index (χ0) is 32.0. The highest BCUT2D eigenvalue weighted by atomic mass is 16.5. The van der Waals surface area contributed by atoms with Crippen LogP contribution < -0.4 is 4.74 Å². The van der Waals surface area contributed by atoms with Crippen LogP contribution in [0.1, 0.15) is 0 Å². The van der Waals surface area contributed by atoms with E-state index in [2.05, 4.69) is 126 Å². The lowest BCUT2D eigenvalue weighted by molar-refractivity contribution is 0.416. The van der Waals surface area contributed by atoms with Crippen LogP contribution in [0.5, 0.6) is 5.75 Å². The first-order valence-electron chi connectivity index (χ1n) is 16.0. The van der Waals surface area contributed by atoms with E-state index in [1.807, 2.05) is 30.5 Å². The molecule has 0 spiro atoms. The van der Waals surface area contributed by atoms with Crippen molar-refractivity contribution < 1.29 is 4.74 Å². The van der Waals surface area contributed by atoms with Gasteiger partial charge in [0.1, 0.15) is 5.75 Å². The Balaban J connectivity index is 1.12. The molecule has 7 aromatic carbocycles. The molecule has 9 aromatic rings. The van der Waals surface area contributed by atoms with Crippen LogP contribution in [0.25, 0.3) is 88.5 Å². The molecule has 0 saturated carbocycles. The van der Waals surface area contributed by atoms with Crippen molar-refractivity contribution in [1.29, 1.82) is 0 Å². The van der Waals surface area contributed by atoms with E-state index in [1.54, 1.807) is 13.3 Å². The first kappa shape index (κ1) is 27.9. The van der Waals surface area contributed by atoms with Gasteiger partial charge in [0.15, 0.2) is 5.82 Å². The molecular formula is C44H29N3O. The van der Waals surface area contributed by atoms with E-state index in [1.165, 1.54) is 37.9 Å². The fraction of sp³-hybridized carbons (Fsp3) is 0.0227. The van der Waals surface area contributed by atoms with Crippen LogP contribution in [-0.2, 0) is 0 Å². The van der Waals surface area contributed by atoms with Crippen molar-refractivity contribution in [3.05, 3.63) is 158 Å². The van der Waals surface area contributed by atoms with Crippen molar-refractivity contribution in [2.75, 3.05) is 7.11 Å². The molecule has 2 heterocycles. The first-order valence-corrected chi connectivity index (χ1v) is 16.0. The highest BCUT2D eigenvalue weighted by Crippen LogP contribution is 2.41. The third-order valence-electron chi connectivity index (χ3n) is 9.23. The van der Waals surface area contributed by atoms with Gasteiger partial charge >= 0.3 is 0 Å². The molecule has 4 nitrogen and oxygen atoms in total. The number of ether oxygens (including phenoxy) is 1. The molecule has 9 rings (SSSR count). The van der Waals surface area contributed by atoms with Crippen LogP contribution in [0.15, 0.2) is 158 Å². The molecule has 0 atom stereocenters. The molecule has 0 aliphatic carbocycles. The lowest BCUT2D eigenvalue weighted by Crippen LogP contribution is -1.96. The van der Waals surface area contributed by atoms with Crippen molar-refractivity contribution in [2.24, 2.45) is 0 Å². The number of rotatable bonds is 6. The quantitative estimate of drug-likeness (QED) is 0.175. The molecule has 0 radical (unpaired) electrons. The Kier molecular flexibility index (Phi) is 6.65. The van der Waals surface area contributed by atoms with Crippen LogP contribution in [-0.4, -0.2) is 22.1 Å². The van der Waals surface area contributed by atoms with E-state index >= 15 is 0 Å². The molecule has 0 fully saturated rings. The predicted octanol–water partition coefficient (Wildman–Crippen LogP) is 11.1. The van der Waals surface area contributed by atoms with Crippen LogP contribution in [0.2, 0.25) is 0 Å². The van der Waals surface area contributed by atoms with Gasteiger partial charge in [0.2, 0.25) is 0 Å². The second-order valence-corrected chi connectivity index (χ2v) is 12.1. The van der Waals surface area contributed by atoms with Gasteiger partial charge in [0, 0.05) is 29.1 Å². The van der Waals surface area contributed by atoms with E-state index < -0.39 is 0 Å². The number of methoxy groups -OCH3 is 1. The molecule has 0 N–H and O–H groups in total. The summed E-state index contributed by atoms with van der Waals surface area (Å²) in [5.74, 6) is 1.57. The van der Waals surface area contributed by atoms with Gasteiger partial charge in [-0.1, -0.05) is 121 Å². The molecule has 0 saturated heterocycles. The summed E-state index contributed by atoms with van der Waals surface area (Å²) in [6, 6.07) is 51.1. The Hall–Kier alpha value is -6.39. The normalized spacial score (nSPS) is 11.4. The monoisotopic (exact) mass is 615 g/mol. The molecular weight excluding hydrogens is 587 g/mol. The number of nitrogens with zero attached hydrogens (tertiary/aromatic N) is 3. The van der Waals surface area contributed by atoms with Crippen molar-refractivity contribution in [2.45, 2.75) is 0 Å². The van der Waals surface area contributed by atoms with Crippen LogP contribution in [0, 0.1) is 0 Å². The van der Waals surface area contributed by atoms with Gasteiger partial charge in [-0.15, -0.1) is 0 Å². The van der Waals surface area contributed by atoms with Gasteiger partial charge in [0.25, 0.3) is 0 Å². The number of aromatic nitrogens is 3. The zero-order valence-electron chi connectivity index (χ0n) is 26.3. The second-order valence-electron chi connectivity index (χ2n) is 12.1. The summed E-state index contributed by atoms with van der Waals surface area (Å²) in [7, 11) is 1.72. The molecule has 0 amide bonds. The summed E-state index contributed by atoms with van der Waals surface area (Å²) in [5, 5.41) is 7.43. The van der Waals surface area contributed by atoms with Gasteiger partial charge in [-0.3, -0.25) is 4.98 Å². The minimum absolute atomic E-state index is 0.691. The lowest BCUT2D eigenvalue weighted by Gasteiger charge is -2.15. The maximum absolute atomic E-state index is 5.58. The summed E-state index contributed by atoms with van der Waals surface area (Å²) in [4.78, 5) is 14.4. The van der Waals surface area contributed by atoms with Gasteiger partial charge in [-0.05, 0) is 78.8 Å². The number of benzene rings is 7. The molecule has 0 aliphatic heterocycles. The van der Waals surface area contributed by atoms with Gasteiger partial charge in [-0.2, -0.15) is 0 Å². The average Bonchev–Trinajstić information content (AvgIpc) is 3.17. The summed E-state index contributed by atoms with van der Waals surface area (Å²) in [6.45, 7) is 0. The largest absolute Gasteiger partial charge is 0.497 e. The standard InChI is InChI=1S/C44H29N3O/c1-48-37-24-34-18-15-32-19-21-38(39-22-20-35(25-37)42(34)43(32)39)29-11-13-31(14-12-29)41-26-40(30-6-3-2-4-7-30)46-44(47-41)33-16-9-28(10-17-33)36-8-5-23-45-27-36/h2-27H,1H3. The predicted molar refractivity (Wildman–Crippen MR) is 197 cm³/mol. The lowest BCUT2D eigenvalue weighted by atomic mass is 9.89. The van der Waals surface area contributed by atoms with E-state index in [0.717, 1.165) is 50.5 Å². The minimum atomic E-state index is 0.691. The van der Waals surface area contributed by atoms with Crippen LogP contribution in [0.3, 0.4) is 0 Å². The van der Waals surface area contributed by atoms with Gasteiger partial charge < -0.3 is 4.74 Å². The maximum atomic E-state index is 5.58. The topological polar surface area (TPSA) is 47.9 Å². The summed E-state index contributed by atoms with van der Waals surface area (Å²) < 4.78 is 5.58. The summed E-state index contributed by atoms with van der Waals surface area (Å²) >= 11 is 0. The molecule has 2 aromatic heterocycles. The third kappa shape index (κ3) is 4.83. The number of pyridine rings is 1. The van der Waals surface area contributed by atoms with Crippen LogP contribution >= 0.6 is 0 Å². The average molecular weight is 616 g/mol. The van der Waals surface area contributed by atoms with Crippen molar-refractivity contribution in [3.8, 4) is 61.9 Å². The number of hydrogen-bond acceptors (Lipinski definition) is 4. The molecule has 4 heteroatoms. The molecule has 0 bridgehead atoms. The fourth-order valence-corrected chi connectivity index (χ4v) is 6.81. The zero-order valence-corrected chi connectivity index (χ0v) is 26.3. The Bertz CT molecular complexity index is 2540. The van der Waals surface area contributed by atoms with Gasteiger partial charge in [-0.25, -0.2) is 9.97 Å². The highest BCUT2D eigenvalue weighted by Gasteiger charge is 2.15. The van der Waals surface area contributed by atoms with Crippen molar-refractivity contribution >= 4 is 32.3 Å². The Morgan fingerprint density at radius 1 is 0.458 bits per heavy atom.